The molecule has 2 aromatic carbocycles. The molecule has 4 aromatic rings. The van der Waals surface area contributed by atoms with Gasteiger partial charge in [0.2, 0.25) is 10.0 Å². The highest BCUT2D eigenvalue weighted by atomic mass is 32.2. The standard InChI is InChI=1S/C24H25N5O3S/c1-15-4-3-5-20(16(15)2)23-25-13-18(14-26-23)17-8-10-29(11-9-17)33(31,32)19-6-7-21-22(12-19)28-24(30)27-21/h3-7,12-14,17H,8-11H2,1-2H3,(H2,27,28,30). The number of nitrogens with zero attached hydrogens (tertiary/aromatic N) is 3. The summed E-state index contributed by atoms with van der Waals surface area (Å²) in [6.07, 6.45) is 5.15. The van der Waals surface area contributed by atoms with Crippen molar-refractivity contribution >= 4 is 21.1 Å². The van der Waals surface area contributed by atoms with Gasteiger partial charge in [-0.25, -0.2) is 23.2 Å². The number of hydrogen-bond acceptors (Lipinski definition) is 5. The lowest BCUT2D eigenvalue weighted by Gasteiger charge is -2.31. The summed E-state index contributed by atoms with van der Waals surface area (Å²) in [4.78, 5) is 26.1. The molecule has 2 aromatic heterocycles. The summed E-state index contributed by atoms with van der Waals surface area (Å²) >= 11 is 0. The molecule has 0 radical (unpaired) electrons. The van der Waals surface area contributed by atoms with Crippen LogP contribution in [0.15, 0.2) is 58.5 Å². The van der Waals surface area contributed by atoms with Crippen molar-refractivity contribution in [3.05, 3.63) is 76.0 Å². The monoisotopic (exact) mass is 463 g/mol. The van der Waals surface area contributed by atoms with Crippen molar-refractivity contribution in [1.82, 2.24) is 24.2 Å². The second-order valence-electron chi connectivity index (χ2n) is 8.55. The van der Waals surface area contributed by atoms with Crippen molar-refractivity contribution in [3.63, 3.8) is 0 Å². The molecule has 1 aliphatic heterocycles. The minimum Gasteiger partial charge on any atom is -0.306 e. The van der Waals surface area contributed by atoms with E-state index in [-0.39, 0.29) is 16.5 Å². The summed E-state index contributed by atoms with van der Waals surface area (Å²) in [5, 5.41) is 0. The van der Waals surface area contributed by atoms with Crippen LogP contribution in [0.2, 0.25) is 0 Å². The summed E-state index contributed by atoms with van der Waals surface area (Å²) in [6, 6.07) is 10.8. The first kappa shape index (κ1) is 21.5. The smallest absolute Gasteiger partial charge is 0.306 e. The topological polar surface area (TPSA) is 112 Å². The molecule has 0 spiro atoms. The number of nitrogens with one attached hydrogen (secondary N) is 2. The lowest BCUT2D eigenvalue weighted by atomic mass is 9.92. The third kappa shape index (κ3) is 3.98. The summed E-state index contributed by atoms with van der Waals surface area (Å²) in [5.74, 6) is 0.922. The van der Waals surface area contributed by atoms with Crippen LogP contribution in [0.4, 0.5) is 0 Å². The first-order chi connectivity index (χ1) is 15.8. The first-order valence-corrected chi connectivity index (χ1v) is 12.4. The van der Waals surface area contributed by atoms with E-state index in [4.69, 9.17) is 0 Å². The van der Waals surface area contributed by atoms with Crippen molar-refractivity contribution in [2.75, 3.05) is 13.1 Å². The van der Waals surface area contributed by atoms with Gasteiger partial charge in [0.15, 0.2) is 5.82 Å². The normalized spacial score (nSPS) is 15.8. The number of imidazole rings is 1. The lowest BCUT2D eigenvalue weighted by Crippen LogP contribution is -2.37. The zero-order valence-electron chi connectivity index (χ0n) is 18.5. The third-order valence-electron chi connectivity index (χ3n) is 6.57. The summed E-state index contributed by atoms with van der Waals surface area (Å²) in [7, 11) is -3.64. The van der Waals surface area contributed by atoms with Gasteiger partial charge in [-0.2, -0.15) is 4.31 Å². The van der Waals surface area contributed by atoms with Gasteiger partial charge in [0.25, 0.3) is 0 Å². The predicted molar refractivity (Wildman–Crippen MR) is 127 cm³/mol. The van der Waals surface area contributed by atoms with Crippen molar-refractivity contribution in [2.45, 2.75) is 37.5 Å². The van der Waals surface area contributed by atoms with E-state index in [9.17, 15) is 13.2 Å². The Morgan fingerprint density at radius 2 is 1.67 bits per heavy atom. The van der Waals surface area contributed by atoms with E-state index in [1.165, 1.54) is 27.6 Å². The maximum Gasteiger partial charge on any atom is 0.323 e. The minimum atomic E-state index is -3.64. The average molecular weight is 464 g/mol. The Balaban J connectivity index is 1.30. The number of H-pyrrole nitrogens is 2. The molecule has 1 aliphatic rings. The molecule has 170 valence electrons. The Morgan fingerprint density at radius 3 is 2.39 bits per heavy atom. The second kappa shape index (κ2) is 8.24. The number of aryl methyl sites for hydroxylation is 1. The molecular formula is C24H25N5O3S. The number of piperidine rings is 1. The number of rotatable bonds is 4. The molecule has 5 rings (SSSR count). The summed E-state index contributed by atoms with van der Waals surface area (Å²) < 4.78 is 27.8. The van der Waals surface area contributed by atoms with Crippen LogP contribution >= 0.6 is 0 Å². The van der Waals surface area contributed by atoms with E-state index in [1.54, 1.807) is 6.07 Å². The van der Waals surface area contributed by atoms with Gasteiger partial charge in [-0.1, -0.05) is 18.2 Å². The van der Waals surface area contributed by atoms with Gasteiger partial charge in [-0.3, -0.25) is 0 Å². The third-order valence-corrected chi connectivity index (χ3v) is 8.46. The Bertz CT molecular complexity index is 1480. The fraction of sp³-hybridized carbons (Fsp3) is 0.292. The molecular weight excluding hydrogens is 438 g/mol. The Morgan fingerprint density at radius 1 is 0.970 bits per heavy atom. The molecule has 3 heterocycles. The largest absolute Gasteiger partial charge is 0.323 e. The molecule has 33 heavy (non-hydrogen) atoms. The fourth-order valence-electron chi connectivity index (χ4n) is 4.43. The van der Waals surface area contributed by atoms with Gasteiger partial charge in [0, 0.05) is 31.0 Å². The summed E-state index contributed by atoms with van der Waals surface area (Å²) in [6.45, 7) is 5.00. The molecule has 0 amide bonds. The number of hydrogen-bond donors (Lipinski definition) is 2. The van der Waals surface area contributed by atoms with Crippen molar-refractivity contribution < 1.29 is 8.42 Å². The van der Waals surface area contributed by atoms with Crippen LogP contribution in [0.3, 0.4) is 0 Å². The number of aromatic amines is 2. The molecule has 1 fully saturated rings. The van der Waals surface area contributed by atoms with Crippen LogP contribution in [0.1, 0.15) is 35.4 Å². The SMILES string of the molecule is Cc1cccc(-c2ncc(C3CCN(S(=O)(=O)c4ccc5[nH]c(=O)[nH]c5c4)CC3)cn2)c1C. The molecule has 0 bridgehead atoms. The molecule has 2 N–H and O–H groups in total. The number of benzene rings is 2. The molecule has 8 nitrogen and oxygen atoms in total. The quantitative estimate of drug-likeness (QED) is 0.481. The number of fused-ring (bicyclic) bond motifs is 1. The molecule has 0 unspecified atom stereocenters. The van der Waals surface area contributed by atoms with Gasteiger partial charge in [-0.05, 0) is 67.5 Å². The number of aromatic nitrogens is 4. The van der Waals surface area contributed by atoms with E-state index < -0.39 is 10.0 Å². The van der Waals surface area contributed by atoms with E-state index >= 15 is 0 Å². The van der Waals surface area contributed by atoms with Gasteiger partial charge in [0.1, 0.15) is 0 Å². The van der Waals surface area contributed by atoms with Gasteiger partial charge in [-0.15, -0.1) is 0 Å². The van der Waals surface area contributed by atoms with Crippen molar-refractivity contribution in [3.8, 4) is 11.4 Å². The van der Waals surface area contributed by atoms with Crippen molar-refractivity contribution in [2.24, 2.45) is 0 Å². The molecule has 0 aliphatic carbocycles. The first-order valence-electron chi connectivity index (χ1n) is 10.9. The van der Waals surface area contributed by atoms with Crippen LogP contribution in [0, 0.1) is 13.8 Å². The van der Waals surface area contributed by atoms with Crippen LogP contribution in [-0.2, 0) is 10.0 Å². The average Bonchev–Trinajstić information content (AvgIpc) is 3.20. The van der Waals surface area contributed by atoms with E-state index in [0.717, 1.165) is 11.1 Å². The van der Waals surface area contributed by atoms with Gasteiger partial charge < -0.3 is 9.97 Å². The molecule has 0 saturated carbocycles. The lowest BCUT2D eigenvalue weighted by molar-refractivity contribution is 0.319. The Hall–Kier alpha value is -3.30. The number of sulfonamides is 1. The maximum absolute atomic E-state index is 13.1. The zero-order valence-corrected chi connectivity index (χ0v) is 19.3. The predicted octanol–water partition coefficient (Wildman–Crippen LogP) is 3.50. The fourth-order valence-corrected chi connectivity index (χ4v) is 5.93. The highest BCUT2D eigenvalue weighted by Gasteiger charge is 2.30. The van der Waals surface area contributed by atoms with E-state index in [0.29, 0.717) is 42.8 Å². The van der Waals surface area contributed by atoms with Crippen LogP contribution in [-0.4, -0.2) is 45.7 Å². The Kier molecular flexibility index (Phi) is 5.38. The summed E-state index contributed by atoms with van der Waals surface area (Å²) in [5.41, 5.74) is 5.15. The molecule has 0 atom stereocenters. The highest BCUT2D eigenvalue weighted by Crippen LogP contribution is 2.31. The minimum absolute atomic E-state index is 0.185. The van der Waals surface area contributed by atoms with E-state index in [2.05, 4.69) is 39.8 Å². The van der Waals surface area contributed by atoms with E-state index in [1.807, 2.05) is 24.5 Å². The highest BCUT2D eigenvalue weighted by molar-refractivity contribution is 7.89. The van der Waals surface area contributed by atoms with Gasteiger partial charge in [0.05, 0.1) is 15.9 Å². The van der Waals surface area contributed by atoms with Crippen molar-refractivity contribution in [1.29, 1.82) is 0 Å². The van der Waals surface area contributed by atoms with Crippen LogP contribution < -0.4 is 5.69 Å². The molecule has 1 saturated heterocycles. The molecule has 9 heteroatoms. The van der Waals surface area contributed by atoms with Gasteiger partial charge >= 0.3 is 5.69 Å². The maximum atomic E-state index is 13.1. The van der Waals surface area contributed by atoms with Crippen LogP contribution in [0.5, 0.6) is 0 Å². The van der Waals surface area contributed by atoms with Crippen LogP contribution in [0.25, 0.3) is 22.4 Å². The second-order valence-corrected chi connectivity index (χ2v) is 10.5. The zero-order chi connectivity index (χ0) is 23.2. The Labute approximate surface area is 191 Å².